The van der Waals surface area contributed by atoms with Gasteiger partial charge in [0.05, 0.1) is 11.4 Å². The van der Waals surface area contributed by atoms with Crippen molar-refractivity contribution in [2.45, 2.75) is 52.9 Å². The first kappa shape index (κ1) is 31.3. The summed E-state index contributed by atoms with van der Waals surface area (Å²) >= 11 is 0. The highest BCUT2D eigenvalue weighted by molar-refractivity contribution is 6.08. The first-order valence-corrected chi connectivity index (χ1v) is 16.0. The third kappa shape index (κ3) is 7.53. The number of fused-ring (bicyclic) bond motifs is 1. The normalized spacial score (nSPS) is 26.9. The SMILES string of the molecule is C=C1C=C2C=C=C(C3CCCOC[C@@H]3C)N=C(C3CCOC[C@@H]3C)C2=CC=C1c1cccc(C(=O)CC(C)CCOC)c1. The zero-order valence-corrected chi connectivity index (χ0v) is 26.4. The smallest absolute Gasteiger partial charge is 0.163 e. The van der Waals surface area contributed by atoms with E-state index in [0.717, 1.165) is 96.9 Å². The first-order chi connectivity index (χ1) is 20.9. The number of aliphatic imine (C=N–C) groups is 1. The lowest BCUT2D eigenvalue weighted by molar-refractivity contribution is 0.0440. The molecular formula is C38H47NO4. The van der Waals surface area contributed by atoms with Crippen LogP contribution in [-0.2, 0) is 14.2 Å². The third-order valence-electron chi connectivity index (χ3n) is 9.35. The number of Topliss-reactive ketones (excluding diaryl/α,β-unsaturated/α-hetero) is 1. The number of methoxy groups -OCH3 is 1. The standard InChI is InChI=1S/C38H47NO4/c1-25(15-18-41-5)20-37(40)31-9-6-8-29(22-31)32-12-13-35-30(21-26(32)2)11-14-36(33-10-7-17-42-23-27(33)3)39-38(35)34-16-19-43-24-28(34)4/h6,8-9,11-13,21-22,25,27-28,33-34H,2,7,10,15-20,23-24H2,1,3-5H3/t25?,27-,28-,33?,34?/m0/s1. The number of carbonyl (C=O) groups excluding carboxylic acids is 1. The molecule has 2 fully saturated rings. The molecule has 1 aromatic rings. The second-order valence-electron chi connectivity index (χ2n) is 12.8. The largest absolute Gasteiger partial charge is 0.385 e. The highest BCUT2D eigenvalue weighted by atomic mass is 16.5. The van der Waals surface area contributed by atoms with E-state index in [1.807, 2.05) is 18.2 Å². The topological polar surface area (TPSA) is 57.1 Å². The van der Waals surface area contributed by atoms with Gasteiger partial charge in [-0.05, 0) is 83.9 Å². The Bertz CT molecular complexity index is 1400. The number of allylic oxidation sites excluding steroid dienone is 8. The molecule has 5 heteroatoms. The van der Waals surface area contributed by atoms with E-state index in [0.29, 0.717) is 36.7 Å². The summed E-state index contributed by atoms with van der Waals surface area (Å²) in [4.78, 5) is 18.6. The number of carbonyl (C=O) groups is 1. The Balaban J connectivity index is 1.51. The number of rotatable bonds is 9. The van der Waals surface area contributed by atoms with Crippen molar-refractivity contribution in [3.8, 4) is 0 Å². The highest BCUT2D eigenvalue weighted by Gasteiger charge is 2.33. The molecule has 1 aliphatic carbocycles. The van der Waals surface area contributed by atoms with Gasteiger partial charge < -0.3 is 14.2 Å². The lowest BCUT2D eigenvalue weighted by Crippen LogP contribution is -2.33. The van der Waals surface area contributed by atoms with Crippen LogP contribution in [0.25, 0.3) is 5.57 Å². The van der Waals surface area contributed by atoms with Crippen molar-refractivity contribution < 1.29 is 19.0 Å². The Kier molecular flexibility index (Phi) is 10.6. The number of ether oxygens (including phenoxy) is 3. The molecule has 3 aliphatic heterocycles. The van der Waals surface area contributed by atoms with Crippen LogP contribution in [0.3, 0.4) is 0 Å². The minimum atomic E-state index is 0.161. The quantitative estimate of drug-likeness (QED) is 0.219. The Morgan fingerprint density at radius 2 is 1.86 bits per heavy atom. The summed E-state index contributed by atoms with van der Waals surface area (Å²) in [6.07, 6.45) is 13.1. The van der Waals surface area contributed by atoms with Crippen molar-refractivity contribution in [2.75, 3.05) is 40.1 Å². The minimum Gasteiger partial charge on any atom is -0.385 e. The van der Waals surface area contributed by atoms with Crippen LogP contribution in [-0.4, -0.2) is 51.6 Å². The second-order valence-corrected chi connectivity index (χ2v) is 12.8. The molecule has 4 aliphatic rings. The van der Waals surface area contributed by atoms with Gasteiger partial charge in [0.15, 0.2) is 5.78 Å². The zero-order chi connectivity index (χ0) is 30.3. The lowest BCUT2D eigenvalue weighted by Gasteiger charge is -2.31. The van der Waals surface area contributed by atoms with Crippen LogP contribution < -0.4 is 0 Å². The molecule has 5 rings (SSSR count). The molecule has 2 saturated heterocycles. The van der Waals surface area contributed by atoms with E-state index in [4.69, 9.17) is 19.2 Å². The monoisotopic (exact) mass is 581 g/mol. The molecule has 5 nitrogen and oxygen atoms in total. The predicted molar refractivity (Wildman–Crippen MR) is 174 cm³/mol. The van der Waals surface area contributed by atoms with E-state index in [9.17, 15) is 4.79 Å². The van der Waals surface area contributed by atoms with Crippen LogP contribution in [0.15, 0.2) is 88.3 Å². The maximum atomic E-state index is 13.1. The van der Waals surface area contributed by atoms with Gasteiger partial charge in [-0.15, -0.1) is 0 Å². The molecule has 5 atom stereocenters. The lowest BCUT2D eigenvalue weighted by atomic mass is 9.80. The number of hydrogen-bond acceptors (Lipinski definition) is 5. The van der Waals surface area contributed by atoms with E-state index in [1.54, 1.807) is 7.11 Å². The van der Waals surface area contributed by atoms with Crippen LogP contribution in [0.4, 0.5) is 0 Å². The van der Waals surface area contributed by atoms with Crippen molar-refractivity contribution in [3.63, 3.8) is 0 Å². The van der Waals surface area contributed by atoms with Crippen molar-refractivity contribution in [1.29, 1.82) is 0 Å². The van der Waals surface area contributed by atoms with E-state index >= 15 is 0 Å². The number of benzene rings is 1. The highest BCUT2D eigenvalue weighted by Crippen LogP contribution is 2.38. The van der Waals surface area contributed by atoms with Crippen LogP contribution in [0.2, 0.25) is 0 Å². The van der Waals surface area contributed by atoms with E-state index in [1.165, 1.54) is 0 Å². The van der Waals surface area contributed by atoms with Gasteiger partial charge in [0.1, 0.15) is 0 Å². The molecule has 0 aromatic heterocycles. The maximum Gasteiger partial charge on any atom is 0.163 e. The van der Waals surface area contributed by atoms with Crippen molar-refractivity contribution in [1.82, 2.24) is 0 Å². The summed E-state index contributed by atoms with van der Waals surface area (Å²) < 4.78 is 16.9. The number of hydrogen-bond donors (Lipinski definition) is 0. The molecule has 0 radical (unpaired) electrons. The van der Waals surface area contributed by atoms with Crippen LogP contribution in [0, 0.1) is 29.6 Å². The average Bonchev–Trinajstić information content (AvgIpc) is 3.39. The fraction of sp³-hybridized carbons (Fsp3) is 0.500. The summed E-state index contributed by atoms with van der Waals surface area (Å²) in [7, 11) is 1.70. The Labute approximate surface area is 257 Å². The van der Waals surface area contributed by atoms with Crippen LogP contribution in [0.5, 0.6) is 0 Å². The van der Waals surface area contributed by atoms with Crippen molar-refractivity contribution in [3.05, 3.63) is 94.4 Å². The van der Waals surface area contributed by atoms with Gasteiger partial charge in [0.25, 0.3) is 0 Å². The minimum absolute atomic E-state index is 0.161. The zero-order valence-electron chi connectivity index (χ0n) is 26.4. The van der Waals surface area contributed by atoms with Gasteiger partial charge in [0.2, 0.25) is 0 Å². The second kappa shape index (κ2) is 14.6. The Morgan fingerprint density at radius 3 is 2.65 bits per heavy atom. The Hall–Kier alpha value is -3.08. The predicted octanol–water partition coefficient (Wildman–Crippen LogP) is 7.97. The summed E-state index contributed by atoms with van der Waals surface area (Å²) in [6.45, 7) is 14.9. The molecule has 0 amide bonds. The summed E-state index contributed by atoms with van der Waals surface area (Å²) in [5.41, 5.74) is 11.7. The first-order valence-electron chi connectivity index (χ1n) is 16.0. The molecule has 43 heavy (non-hydrogen) atoms. The van der Waals surface area contributed by atoms with Crippen molar-refractivity contribution in [2.24, 2.45) is 34.6 Å². The van der Waals surface area contributed by atoms with Gasteiger partial charge in [-0.3, -0.25) is 4.79 Å². The fourth-order valence-corrected chi connectivity index (χ4v) is 6.68. The van der Waals surface area contributed by atoms with Crippen LogP contribution in [0.1, 0.15) is 68.8 Å². The molecule has 0 bridgehead atoms. The summed E-state index contributed by atoms with van der Waals surface area (Å²) in [5.74, 6) is 1.81. The molecular weight excluding hydrogens is 534 g/mol. The third-order valence-corrected chi connectivity index (χ3v) is 9.35. The fourth-order valence-electron chi connectivity index (χ4n) is 6.68. The molecule has 0 N–H and O–H groups in total. The van der Waals surface area contributed by atoms with Gasteiger partial charge in [0, 0.05) is 69.5 Å². The van der Waals surface area contributed by atoms with E-state index < -0.39 is 0 Å². The molecule has 3 unspecified atom stereocenters. The van der Waals surface area contributed by atoms with Crippen LogP contribution >= 0.6 is 0 Å². The molecule has 1 aromatic carbocycles. The number of nitrogens with zero attached hydrogens (tertiary/aromatic N) is 1. The van der Waals surface area contributed by atoms with Gasteiger partial charge in [-0.2, -0.15) is 0 Å². The van der Waals surface area contributed by atoms with E-state index in [2.05, 4.69) is 63.5 Å². The summed E-state index contributed by atoms with van der Waals surface area (Å²) in [5, 5.41) is 0. The van der Waals surface area contributed by atoms with Gasteiger partial charge in [-0.25, -0.2) is 4.99 Å². The molecule has 3 heterocycles. The summed E-state index contributed by atoms with van der Waals surface area (Å²) in [6, 6.07) is 7.98. The maximum absolute atomic E-state index is 13.1. The van der Waals surface area contributed by atoms with Gasteiger partial charge in [-0.1, -0.05) is 63.4 Å². The molecule has 228 valence electrons. The van der Waals surface area contributed by atoms with E-state index in [-0.39, 0.29) is 11.7 Å². The molecule has 0 saturated carbocycles. The van der Waals surface area contributed by atoms with Crippen molar-refractivity contribution >= 4 is 17.1 Å². The number of ketones is 1. The Morgan fingerprint density at radius 1 is 1.09 bits per heavy atom. The van der Waals surface area contributed by atoms with Gasteiger partial charge >= 0.3 is 0 Å². The molecule has 0 spiro atoms. The average molecular weight is 582 g/mol.